The molecule has 0 aromatic heterocycles. The molecule has 0 aromatic rings. The summed E-state index contributed by atoms with van der Waals surface area (Å²) in [6.45, 7) is 7.11. The Kier molecular flexibility index (Phi) is 56.4. The lowest BCUT2D eigenvalue weighted by molar-refractivity contribution is -0.161. The largest absolute Gasteiger partial charge is 0.472 e. The van der Waals surface area contributed by atoms with E-state index >= 15 is 0 Å². The van der Waals surface area contributed by atoms with Crippen LogP contribution in [0.5, 0.6) is 0 Å². The van der Waals surface area contributed by atoms with Gasteiger partial charge in [-0.15, -0.1) is 0 Å². The monoisotopic (exact) mass is 1230 g/mol. The van der Waals surface area contributed by atoms with Crippen LogP contribution in [0.2, 0.25) is 0 Å². The highest BCUT2D eigenvalue weighted by Crippen LogP contribution is 2.45. The molecule has 0 heterocycles. The average Bonchev–Trinajstić information content (AvgIpc) is 3.50. The number of ether oxygens (including phenoxy) is 4. The van der Waals surface area contributed by atoms with Gasteiger partial charge in [-0.05, 0) is 31.6 Å². The molecule has 19 heteroatoms. The number of hydrogen-bond donors (Lipinski definition) is 3. The van der Waals surface area contributed by atoms with Gasteiger partial charge < -0.3 is 33.8 Å². The number of unbranched alkanes of at least 4 members (excludes halogenated alkanes) is 36. The van der Waals surface area contributed by atoms with Crippen LogP contribution in [0.3, 0.4) is 0 Å². The molecule has 0 aromatic carbocycles. The molecule has 0 saturated heterocycles. The molecule has 0 aliphatic heterocycles. The molecule has 0 radical (unpaired) electrons. The van der Waals surface area contributed by atoms with Crippen LogP contribution in [0.25, 0.3) is 0 Å². The Balaban J connectivity index is 5.23. The Morgan fingerprint density at radius 2 is 0.554 bits per heavy atom. The summed E-state index contributed by atoms with van der Waals surface area (Å²) in [4.78, 5) is 72.2. The molecule has 5 atom stereocenters. The molecule has 0 aliphatic carbocycles. The van der Waals surface area contributed by atoms with Gasteiger partial charge in [-0.25, -0.2) is 9.13 Å². The van der Waals surface area contributed by atoms with E-state index in [0.717, 1.165) is 96.3 Å². The number of aliphatic hydroxyl groups excluding tert-OH is 1. The third kappa shape index (κ3) is 58.8. The van der Waals surface area contributed by atoms with Gasteiger partial charge in [0.1, 0.15) is 19.3 Å². The van der Waals surface area contributed by atoms with Gasteiger partial charge in [-0.2, -0.15) is 0 Å². The first-order chi connectivity index (χ1) is 40.0. The van der Waals surface area contributed by atoms with E-state index in [0.29, 0.717) is 31.6 Å². The lowest BCUT2D eigenvalue weighted by atomic mass is 10.0. The van der Waals surface area contributed by atoms with Crippen LogP contribution in [0.15, 0.2) is 0 Å². The molecule has 17 nitrogen and oxygen atoms in total. The molecule has 0 aliphatic rings. The molecule has 492 valence electrons. The van der Waals surface area contributed by atoms with Crippen LogP contribution in [-0.2, 0) is 65.4 Å². The minimum atomic E-state index is -4.94. The molecule has 2 unspecified atom stereocenters. The third-order valence-electron chi connectivity index (χ3n) is 14.8. The Hall–Kier alpha value is -1.94. The number of hydrogen-bond acceptors (Lipinski definition) is 15. The lowest BCUT2D eigenvalue weighted by Crippen LogP contribution is -2.30. The van der Waals surface area contributed by atoms with Gasteiger partial charge in [-0.3, -0.25) is 37.3 Å². The van der Waals surface area contributed by atoms with Crippen LogP contribution in [-0.4, -0.2) is 96.7 Å². The number of carbonyl (C=O) groups is 4. The van der Waals surface area contributed by atoms with Crippen molar-refractivity contribution in [2.24, 2.45) is 5.92 Å². The number of rotatable bonds is 64. The molecule has 0 fully saturated rings. The highest BCUT2D eigenvalue weighted by molar-refractivity contribution is 7.47. The van der Waals surface area contributed by atoms with E-state index in [1.165, 1.54) is 141 Å². The van der Waals surface area contributed by atoms with Crippen molar-refractivity contribution in [3.8, 4) is 0 Å². The third-order valence-corrected chi connectivity index (χ3v) is 16.7. The second-order valence-electron chi connectivity index (χ2n) is 23.6. The summed E-state index contributed by atoms with van der Waals surface area (Å²) in [5.74, 6) is -1.45. The second kappa shape index (κ2) is 57.8. The van der Waals surface area contributed by atoms with E-state index < -0.39 is 97.5 Å². The topological polar surface area (TPSA) is 237 Å². The van der Waals surface area contributed by atoms with Crippen molar-refractivity contribution in [2.75, 3.05) is 39.6 Å². The molecule has 0 bridgehead atoms. The van der Waals surface area contributed by atoms with Crippen molar-refractivity contribution in [1.29, 1.82) is 0 Å². The summed E-state index contributed by atoms with van der Waals surface area (Å²) in [6, 6.07) is 0. The highest BCUT2D eigenvalue weighted by Gasteiger charge is 2.30. The minimum absolute atomic E-state index is 0.105. The van der Waals surface area contributed by atoms with Crippen molar-refractivity contribution < 1.29 is 80.2 Å². The number of esters is 4. The molecular formula is C64H124O17P2. The predicted octanol–water partition coefficient (Wildman–Crippen LogP) is 17.8. The maximum Gasteiger partial charge on any atom is 0.472 e. The number of carbonyl (C=O) groups excluding carboxylic acids is 4. The molecule has 83 heavy (non-hydrogen) atoms. The Bertz CT molecular complexity index is 1620. The fourth-order valence-electron chi connectivity index (χ4n) is 9.58. The van der Waals surface area contributed by atoms with Crippen LogP contribution in [0, 0.1) is 5.92 Å². The highest BCUT2D eigenvalue weighted by atomic mass is 31.2. The number of phosphoric acid groups is 2. The standard InChI is InChI=1S/C64H124O17P2/c1-6-9-12-15-18-21-24-26-29-31-37-42-47-61(66)74-53-59(80-64(69)50-45-40-33-30-27-25-22-19-16-13-10-7-2)55-78-82(70,71)76-51-58(65)52-77-83(72,73)79-56-60(54-75-62(67)48-43-38-35-34-36-41-46-57(4)5)81-63(68)49-44-39-32-28-23-20-17-14-11-8-3/h57-60,65H,6-56H2,1-5H3,(H,70,71)(H,72,73)/t58-,59-,60-/m1/s1. The predicted molar refractivity (Wildman–Crippen MR) is 331 cm³/mol. The Morgan fingerprint density at radius 1 is 0.325 bits per heavy atom. The van der Waals surface area contributed by atoms with E-state index in [4.69, 9.17) is 37.0 Å². The van der Waals surface area contributed by atoms with Crippen molar-refractivity contribution >= 4 is 39.5 Å². The summed E-state index contributed by atoms with van der Waals surface area (Å²) in [5, 5.41) is 10.5. The van der Waals surface area contributed by atoms with Gasteiger partial charge in [0.15, 0.2) is 12.2 Å². The molecular weight excluding hydrogens is 1100 g/mol. The lowest BCUT2D eigenvalue weighted by Gasteiger charge is -2.21. The zero-order chi connectivity index (χ0) is 61.3. The van der Waals surface area contributed by atoms with Crippen molar-refractivity contribution in [2.45, 2.75) is 342 Å². The van der Waals surface area contributed by atoms with Crippen molar-refractivity contribution in [3.63, 3.8) is 0 Å². The molecule has 0 amide bonds. The number of aliphatic hydroxyl groups is 1. The van der Waals surface area contributed by atoms with Gasteiger partial charge >= 0.3 is 39.5 Å². The van der Waals surface area contributed by atoms with Gasteiger partial charge in [0, 0.05) is 25.7 Å². The molecule has 0 saturated carbocycles. The van der Waals surface area contributed by atoms with Crippen LogP contribution in [0.1, 0.15) is 324 Å². The maximum atomic E-state index is 13.0. The van der Waals surface area contributed by atoms with Crippen molar-refractivity contribution in [3.05, 3.63) is 0 Å². The van der Waals surface area contributed by atoms with Crippen LogP contribution < -0.4 is 0 Å². The SMILES string of the molecule is CCCCCCCCCCCCCCC(=O)OC[C@H](COP(=O)(O)OC[C@@H](O)COP(=O)(O)OC[C@@H](COC(=O)CCCCCCCCC(C)C)OC(=O)CCCCCCCCCCCC)OC(=O)CCCCCCCCCCCCCC. The summed E-state index contributed by atoms with van der Waals surface area (Å²) < 4.78 is 68.0. The van der Waals surface area contributed by atoms with E-state index in [-0.39, 0.29) is 25.7 Å². The van der Waals surface area contributed by atoms with Crippen LogP contribution >= 0.6 is 15.6 Å². The normalized spacial score (nSPS) is 14.2. The molecule has 3 N–H and O–H groups in total. The van der Waals surface area contributed by atoms with E-state index in [1.807, 2.05) is 0 Å². The first-order valence-electron chi connectivity index (χ1n) is 33.6. The van der Waals surface area contributed by atoms with Gasteiger partial charge in [-0.1, -0.05) is 272 Å². The summed E-state index contributed by atoms with van der Waals surface area (Å²) >= 11 is 0. The van der Waals surface area contributed by atoms with Crippen LogP contribution in [0.4, 0.5) is 0 Å². The first-order valence-corrected chi connectivity index (χ1v) is 36.6. The molecule has 0 spiro atoms. The Labute approximate surface area is 505 Å². The number of phosphoric ester groups is 2. The fourth-order valence-corrected chi connectivity index (χ4v) is 11.2. The second-order valence-corrected chi connectivity index (χ2v) is 26.5. The van der Waals surface area contributed by atoms with Gasteiger partial charge in [0.05, 0.1) is 26.4 Å². The first kappa shape index (κ1) is 81.1. The quantitative estimate of drug-likeness (QED) is 0.0222. The smallest absolute Gasteiger partial charge is 0.462 e. The zero-order valence-corrected chi connectivity index (χ0v) is 55.1. The summed E-state index contributed by atoms with van der Waals surface area (Å²) in [5.41, 5.74) is 0. The summed E-state index contributed by atoms with van der Waals surface area (Å²) in [7, 11) is -9.88. The zero-order valence-electron chi connectivity index (χ0n) is 53.3. The van der Waals surface area contributed by atoms with E-state index in [2.05, 4.69) is 34.6 Å². The van der Waals surface area contributed by atoms with Gasteiger partial charge in [0.2, 0.25) is 0 Å². The fraction of sp³-hybridized carbons (Fsp3) is 0.938. The average molecular weight is 1230 g/mol. The van der Waals surface area contributed by atoms with Gasteiger partial charge in [0.25, 0.3) is 0 Å². The Morgan fingerprint density at radius 3 is 0.819 bits per heavy atom. The van der Waals surface area contributed by atoms with E-state index in [1.54, 1.807) is 0 Å². The minimum Gasteiger partial charge on any atom is -0.462 e. The maximum absolute atomic E-state index is 13.0. The molecule has 0 rings (SSSR count). The summed E-state index contributed by atoms with van der Waals surface area (Å²) in [6.07, 6.45) is 41.7. The van der Waals surface area contributed by atoms with Crippen molar-refractivity contribution in [1.82, 2.24) is 0 Å². The van der Waals surface area contributed by atoms with E-state index in [9.17, 15) is 43.2 Å².